The number of guanidine groups is 1. The van der Waals surface area contributed by atoms with Crippen LogP contribution in [0, 0.1) is 5.92 Å². The lowest BCUT2D eigenvalue weighted by molar-refractivity contribution is 0.123. The molecule has 1 aromatic rings. The molecule has 1 aliphatic heterocycles. The molecule has 29 heavy (non-hydrogen) atoms. The minimum Gasteiger partial charge on any atom is -0.490 e. The number of hydrogen-bond acceptors (Lipinski definition) is 5. The Balaban J connectivity index is 1.49. The van der Waals surface area contributed by atoms with Gasteiger partial charge in [0, 0.05) is 57.7 Å². The largest absolute Gasteiger partial charge is 0.490 e. The van der Waals surface area contributed by atoms with Crippen LogP contribution in [0.5, 0.6) is 11.5 Å². The zero-order valence-electron chi connectivity index (χ0n) is 17.6. The molecule has 7 heteroatoms. The van der Waals surface area contributed by atoms with Crippen LogP contribution in [0.4, 0.5) is 5.69 Å². The van der Waals surface area contributed by atoms with Gasteiger partial charge in [0.05, 0.1) is 13.2 Å². The third kappa shape index (κ3) is 8.50. The smallest absolute Gasteiger partial charge is 0.195 e. The first-order valence-electron chi connectivity index (χ1n) is 11.0. The summed E-state index contributed by atoms with van der Waals surface area (Å²) in [4.78, 5) is 4.70. The summed E-state index contributed by atoms with van der Waals surface area (Å²) >= 11 is 0. The summed E-state index contributed by atoms with van der Waals surface area (Å²) in [5.41, 5.74) is 0.926. The highest BCUT2D eigenvalue weighted by molar-refractivity contribution is 5.93. The molecular weight excluding hydrogens is 370 g/mol. The van der Waals surface area contributed by atoms with Crippen LogP contribution in [-0.2, 0) is 9.47 Å². The standard InChI is InChI=1S/C22H35N3O4/c1-2-26-12-3-10-23-22(24-11-4-13-27-17-18-6-7-18)25-19-8-9-20-21(16-19)29-15-5-14-28-20/h8-9,16,18H,2-7,10-15,17H2,1H3,(H2,23,24,25). The van der Waals surface area contributed by atoms with Crippen LogP contribution in [0.2, 0.25) is 0 Å². The van der Waals surface area contributed by atoms with Crippen LogP contribution in [0.15, 0.2) is 23.2 Å². The quantitative estimate of drug-likeness (QED) is 0.315. The molecule has 0 amide bonds. The van der Waals surface area contributed by atoms with Crippen molar-refractivity contribution >= 4 is 11.6 Å². The highest BCUT2D eigenvalue weighted by Gasteiger charge is 2.20. The second-order valence-corrected chi connectivity index (χ2v) is 7.42. The molecule has 2 N–H and O–H groups in total. The summed E-state index contributed by atoms with van der Waals surface area (Å²) in [6, 6.07) is 5.90. The van der Waals surface area contributed by atoms with E-state index >= 15 is 0 Å². The van der Waals surface area contributed by atoms with Gasteiger partial charge in [-0.2, -0.15) is 0 Å². The molecule has 7 nitrogen and oxygen atoms in total. The fourth-order valence-corrected chi connectivity index (χ4v) is 2.93. The molecule has 1 saturated carbocycles. The number of hydrogen-bond donors (Lipinski definition) is 2. The molecule has 0 saturated heterocycles. The van der Waals surface area contributed by atoms with Gasteiger partial charge >= 0.3 is 0 Å². The van der Waals surface area contributed by atoms with Crippen LogP contribution >= 0.6 is 0 Å². The van der Waals surface area contributed by atoms with E-state index in [9.17, 15) is 0 Å². The first kappa shape index (κ1) is 21.7. The number of rotatable bonds is 12. The average molecular weight is 406 g/mol. The number of fused-ring (bicyclic) bond motifs is 1. The van der Waals surface area contributed by atoms with Crippen molar-refractivity contribution in [1.29, 1.82) is 0 Å². The molecule has 0 aromatic heterocycles. The molecule has 1 aliphatic carbocycles. The van der Waals surface area contributed by atoms with E-state index in [1.165, 1.54) is 12.8 Å². The Morgan fingerprint density at radius 3 is 2.76 bits per heavy atom. The van der Waals surface area contributed by atoms with Crippen molar-refractivity contribution in [2.24, 2.45) is 10.9 Å². The third-order valence-corrected chi connectivity index (χ3v) is 4.74. The van der Waals surface area contributed by atoms with Gasteiger partial charge in [-0.05, 0) is 50.7 Å². The predicted octanol–water partition coefficient (Wildman–Crippen LogP) is 3.45. The van der Waals surface area contributed by atoms with Crippen LogP contribution in [0.1, 0.15) is 39.0 Å². The molecule has 162 valence electrons. The minimum absolute atomic E-state index is 0.675. The average Bonchev–Trinajstić information content (AvgIpc) is 3.57. The third-order valence-electron chi connectivity index (χ3n) is 4.74. The SMILES string of the molecule is CCOCCCNC(=NCCCOCC1CC1)Nc1ccc2c(c1)OCCCO2. The van der Waals surface area contributed by atoms with Gasteiger partial charge in [0.1, 0.15) is 0 Å². The lowest BCUT2D eigenvalue weighted by Crippen LogP contribution is -2.32. The Hall–Kier alpha value is -1.99. The van der Waals surface area contributed by atoms with Gasteiger partial charge in [0.25, 0.3) is 0 Å². The number of nitrogens with one attached hydrogen (secondary N) is 2. The van der Waals surface area contributed by atoms with Gasteiger partial charge in [0.2, 0.25) is 0 Å². The van der Waals surface area contributed by atoms with Crippen LogP contribution in [0.25, 0.3) is 0 Å². The summed E-state index contributed by atoms with van der Waals surface area (Å²) in [5, 5.41) is 6.77. The van der Waals surface area contributed by atoms with Crippen molar-refractivity contribution in [3.05, 3.63) is 18.2 Å². The van der Waals surface area contributed by atoms with Gasteiger partial charge in [-0.3, -0.25) is 4.99 Å². The number of aliphatic imine (C=N–C) groups is 1. The van der Waals surface area contributed by atoms with E-state index < -0.39 is 0 Å². The molecule has 0 bridgehead atoms. The first-order valence-corrected chi connectivity index (χ1v) is 11.0. The Morgan fingerprint density at radius 1 is 1.10 bits per heavy atom. The lowest BCUT2D eigenvalue weighted by atomic mass is 10.2. The molecule has 0 radical (unpaired) electrons. The second-order valence-electron chi connectivity index (χ2n) is 7.42. The maximum atomic E-state index is 5.79. The normalized spacial score (nSPS) is 16.4. The fraction of sp³-hybridized carbons (Fsp3) is 0.682. The van der Waals surface area contributed by atoms with Gasteiger partial charge in [-0.1, -0.05) is 0 Å². The summed E-state index contributed by atoms with van der Waals surface area (Å²) in [6.45, 7) is 8.06. The van der Waals surface area contributed by atoms with Crippen LogP contribution in [0.3, 0.4) is 0 Å². The summed E-state index contributed by atoms with van der Waals surface area (Å²) in [7, 11) is 0. The monoisotopic (exact) mass is 405 g/mol. The summed E-state index contributed by atoms with van der Waals surface area (Å²) < 4.78 is 22.6. The number of nitrogens with zero attached hydrogens (tertiary/aromatic N) is 1. The van der Waals surface area contributed by atoms with E-state index in [0.29, 0.717) is 13.2 Å². The summed E-state index contributed by atoms with van der Waals surface area (Å²) in [6.07, 6.45) is 5.40. The van der Waals surface area contributed by atoms with Gasteiger partial charge in [-0.15, -0.1) is 0 Å². The van der Waals surface area contributed by atoms with E-state index in [1.54, 1.807) is 0 Å². The molecule has 2 aliphatic rings. The molecule has 0 spiro atoms. The van der Waals surface area contributed by atoms with Crippen molar-refractivity contribution in [3.63, 3.8) is 0 Å². The lowest BCUT2D eigenvalue weighted by Gasteiger charge is -2.14. The maximum Gasteiger partial charge on any atom is 0.195 e. The van der Waals surface area contributed by atoms with Crippen LogP contribution < -0.4 is 20.1 Å². The topological polar surface area (TPSA) is 73.3 Å². The minimum atomic E-state index is 0.675. The Morgan fingerprint density at radius 2 is 1.93 bits per heavy atom. The molecular formula is C22H35N3O4. The van der Waals surface area contributed by atoms with Crippen molar-refractivity contribution in [3.8, 4) is 11.5 Å². The second kappa shape index (κ2) is 12.5. The molecule has 0 atom stereocenters. The van der Waals surface area contributed by atoms with Gasteiger partial charge in [-0.25, -0.2) is 0 Å². The van der Waals surface area contributed by atoms with E-state index in [-0.39, 0.29) is 0 Å². The van der Waals surface area contributed by atoms with Crippen molar-refractivity contribution in [1.82, 2.24) is 5.32 Å². The molecule has 0 unspecified atom stereocenters. The first-order chi connectivity index (χ1) is 14.3. The molecule has 3 rings (SSSR count). The van der Waals surface area contributed by atoms with Crippen molar-refractivity contribution < 1.29 is 18.9 Å². The zero-order valence-corrected chi connectivity index (χ0v) is 17.6. The van der Waals surface area contributed by atoms with Gasteiger partial charge < -0.3 is 29.6 Å². The molecule has 1 heterocycles. The fourth-order valence-electron chi connectivity index (χ4n) is 2.93. The Bertz CT molecular complexity index is 634. The summed E-state index contributed by atoms with van der Waals surface area (Å²) in [5.74, 6) is 3.14. The van der Waals surface area contributed by atoms with Crippen LogP contribution in [-0.4, -0.2) is 58.7 Å². The van der Waals surface area contributed by atoms with E-state index in [1.807, 2.05) is 25.1 Å². The molecule has 1 aromatic carbocycles. The number of anilines is 1. The van der Waals surface area contributed by atoms with Crippen molar-refractivity contribution in [2.45, 2.75) is 39.0 Å². The highest BCUT2D eigenvalue weighted by Crippen LogP contribution is 2.32. The number of benzene rings is 1. The van der Waals surface area contributed by atoms with E-state index in [4.69, 9.17) is 23.9 Å². The van der Waals surface area contributed by atoms with E-state index in [0.717, 1.165) is 87.8 Å². The van der Waals surface area contributed by atoms with Gasteiger partial charge in [0.15, 0.2) is 17.5 Å². The number of ether oxygens (including phenoxy) is 4. The van der Waals surface area contributed by atoms with E-state index in [2.05, 4.69) is 10.6 Å². The van der Waals surface area contributed by atoms with Crippen molar-refractivity contribution in [2.75, 3.05) is 58.0 Å². The zero-order chi connectivity index (χ0) is 20.2. The maximum absolute atomic E-state index is 5.79. The molecule has 1 fully saturated rings. The Labute approximate surface area is 174 Å². The Kier molecular flexibility index (Phi) is 9.39. The predicted molar refractivity (Wildman–Crippen MR) is 115 cm³/mol. The highest BCUT2D eigenvalue weighted by atomic mass is 16.5.